The van der Waals surface area contributed by atoms with Gasteiger partial charge in [0.25, 0.3) is 0 Å². The number of hydrogen-bond donors (Lipinski definition) is 1. The van der Waals surface area contributed by atoms with Gasteiger partial charge in [-0.2, -0.15) is 4.31 Å². The molecular formula is C15H24N2O2S. The van der Waals surface area contributed by atoms with Gasteiger partial charge < -0.3 is 5.32 Å². The Labute approximate surface area is 122 Å². The number of benzene rings is 1. The van der Waals surface area contributed by atoms with Gasteiger partial charge >= 0.3 is 0 Å². The highest BCUT2D eigenvalue weighted by molar-refractivity contribution is 7.89. The zero-order valence-corrected chi connectivity index (χ0v) is 13.3. The summed E-state index contributed by atoms with van der Waals surface area (Å²) >= 11 is 0. The van der Waals surface area contributed by atoms with Gasteiger partial charge in [0, 0.05) is 19.1 Å². The van der Waals surface area contributed by atoms with E-state index in [1.165, 1.54) is 0 Å². The Hall–Kier alpha value is -0.910. The molecule has 0 spiro atoms. The van der Waals surface area contributed by atoms with Crippen LogP contribution in [-0.2, 0) is 16.6 Å². The van der Waals surface area contributed by atoms with Crippen LogP contribution in [0.25, 0.3) is 0 Å². The van der Waals surface area contributed by atoms with Crippen LogP contribution in [-0.4, -0.2) is 31.9 Å². The van der Waals surface area contributed by atoms with Gasteiger partial charge in [-0.05, 0) is 43.5 Å². The normalized spacial score (nSPS) is 24.1. The Morgan fingerprint density at radius 3 is 2.40 bits per heavy atom. The fraction of sp³-hybridized carbons (Fsp3) is 0.600. The first kappa shape index (κ1) is 15.5. The molecule has 1 saturated heterocycles. The molecule has 0 aliphatic carbocycles. The Bertz CT molecular complexity index is 539. The van der Waals surface area contributed by atoms with Gasteiger partial charge in [0.2, 0.25) is 10.0 Å². The monoisotopic (exact) mass is 296 g/mol. The Kier molecular flexibility index (Phi) is 4.83. The maximum Gasteiger partial charge on any atom is 0.243 e. The predicted molar refractivity (Wildman–Crippen MR) is 81.0 cm³/mol. The van der Waals surface area contributed by atoms with Gasteiger partial charge in [0.1, 0.15) is 0 Å². The minimum atomic E-state index is -3.35. The molecule has 0 aromatic heterocycles. The smallest absolute Gasteiger partial charge is 0.243 e. The van der Waals surface area contributed by atoms with Gasteiger partial charge in [0.15, 0.2) is 0 Å². The molecule has 112 valence electrons. The van der Waals surface area contributed by atoms with Crippen molar-refractivity contribution in [3.8, 4) is 0 Å². The van der Waals surface area contributed by atoms with Crippen molar-refractivity contribution in [3.05, 3.63) is 29.8 Å². The summed E-state index contributed by atoms with van der Waals surface area (Å²) in [4.78, 5) is 0.402. The quantitative estimate of drug-likeness (QED) is 0.906. The maximum absolute atomic E-state index is 12.6. The standard InChI is InChI=1S/C15H24N2O2S/c1-4-16-10-14-5-7-15(8-6-14)20(18,19)17-11-12(2)9-13(17)3/h5-8,12-13,16H,4,9-11H2,1-3H3. The van der Waals surface area contributed by atoms with Crippen LogP contribution in [0.15, 0.2) is 29.2 Å². The zero-order chi connectivity index (χ0) is 14.8. The van der Waals surface area contributed by atoms with E-state index in [2.05, 4.69) is 19.2 Å². The third-order valence-electron chi connectivity index (χ3n) is 3.84. The SMILES string of the molecule is CCNCc1ccc(S(=O)(=O)N2CC(C)CC2C)cc1. The first-order chi connectivity index (χ1) is 9.45. The molecule has 1 fully saturated rings. The Morgan fingerprint density at radius 1 is 1.25 bits per heavy atom. The van der Waals surface area contributed by atoms with Crippen molar-refractivity contribution < 1.29 is 8.42 Å². The molecule has 1 aromatic rings. The van der Waals surface area contributed by atoms with Crippen molar-refractivity contribution in [3.63, 3.8) is 0 Å². The van der Waals surface area contributed by atoms with E-state index < -0.39 is 10.0 Å². The highest BCUT2D eigenvalue weighted by atomic mass is 32.2. The molecule has 5 heteroatoms. The van der Waals surface area contributed by atoms with Gasteiger partial charge in [0.05, 0.1) is 4.90 Å². The molecule has 1 aliphatic heterocycles. The topological polar surface area (TPSA) is 49.4 Å². The maximum atomic E-state index is 12.6. The fourth-order valence-corrected chi connectivity index (χ4v) is 4.54. The van der Waals surface area contributed by atoms with Gasteiger partial charge in [-0.15, -0.1) is 0 Å². The molecule has 0 amide bonds. The molecule has 2 unspecified atom stereocenters. The molecule has 1 N–H and O–H groups in total. The summed E-state index contributed by atoms with van der Waals surface area (Å²) < 4.78 is 26.9. The second-order valence-corrected chi connectivity index (χ2v) is 7.58. The van der Waals surface area contributed by atoms with Crippen molar-refractivity contribution in [1.82, 2.24) is 9.62 Å². The molecular weight excluding hydrogens is 272 g/mol. The summed E-state index contributed by atoms with van der Waals surface area (Å²) in [5.41, 5.74) is 1.11. The highest BCUT2D eigenvalue weighted by Gasteiger charge is 2.35. The van der Waals surface area contributed by atoms with Crippen LogP contribution in [0.4, 0.5) is 0 Å². The molecule has 0 radical (unpaired) electrons. The first-order valence-corrected chi connectivity index (χ1v) is 8.70. The van der Waals surface area contributed by atoms with E-state index in [0.29, 0.717) is 17.4 Å². The van der Waals surface area contributed by atoms with Crippen molar-refractivity contribution in [2.24, 2.45) is 5.92 Å². The second kappa shape index (κ2) is 6.24. The lowest BCUT2D eigenvalue weighted by atomic mass is 10.1. The molecule has 2 atom stereocenters. The Morgan fingerprint density at radius 2 is 1.90 bits per heavy atom. The van der Waals surface area contributed by atoms with Crippen molar-refractivity contribution in [2.45, 2.75) is 44.7 Å². The van der Waals surface area contributed by atoms with Crippen LogP contribution in [0.2, 0.25) is 0 Å². The number of nitrogens with zero attached hydrogens (tertiary/aromatic N) is 1. The van der Waals surface area contributed by atoms with Crippen LogP contribution in [0.5, 0.6) is 0 Å². The molecule has 1 heterocycles. The third kappa shape index (κ3) is 3.22. The van der Waals surface area contributed by atoms with E-state index in [9.17, 15) is 8.42 Å². The van der Waals surface area contributed by atoms with E-state index >= 15 is 0 Å². The summed E-state index contributed by atoms with van der Waals surface area (Å²) in [6, 6.07) is 7.31. The van der Waals surface area contributed by atoms with E-state index in [0.717, 1.165) is 25.1 Å². The zero-order valence-electron chi connectivity index (χ0n) is 12.5. The van der Waals surface area contributed by atoms with Crippen molar-refractivity contribution in [1.29, 1.82) is 0 Å². The molecule has 0 bridgehead atoms. The predicted octanol–water partition coefficient (Wildman–Crippen LogP) is 2.22. The van der Waals surface area contributed by atoms with E-state index in [1.54, 1.807) is 16.4 Å². The summed E-state index contributed by atoms with van der Waals surface area (Å²) in [6.07, 6.45) is 0.942. The highest BCUT2D eigenvalue weighted by Crippen LogP contribution is 2.29. The van der Waals surface area contributed by atoms with Crippen molar-refractivity contribution >= 4 is 10.0 Å². The number of rotatable bonds is 5. The van der Waals surface area contributed by atoms with Gasteiger partial charge in [-0.25, -0.2) is 8.42 Å². The summed E-state index contributed by atoms with van der Waals surface area (Å²) in [7, 11) is -3.35. The molecule has 4 nitrogen and oxygen atoms in total. The second-order valence-electron chi connectivity index (χ2n) is 5.69. The van der Waals surface area contributed by atoms with E-state index in [4.69, 9.17) is 0 Å². The van der Waals surface area contributed by atoms with Gasteiger partial charge in [-0.3, -0.25) is 0 Å². The summed E-state index contributed by atoms with van der Waals surface area (Å²) in [6.45, 7) is 8.45. The largest absolute Gasteiger partial charge is 0.313 e. The minimum absolute atomic E-state index is 0.0939. The molecule has 1 aliphatic rings. The molecule has 2 rings (SSSR count). The lowest BCUT2D eigenvalue weighted by Crippen LogP contribution is -2.34. The number of nitrogens with one attached hydrogen (secondary N) is 1. The fourth-order valence-electron chi connectivity index (χ4n) is 2.78. The third-order valence-corrected chi connectivity index (χ3v) is 5.83. The molecule has 20 heavy (non-hydrogen) atoms. The summed E-state index contributed by atoms with van der Waals surface area (Å²) in [5, 5.41) is 3.23. The van der Waals surface area contributed by atoms with Crippen LogP contribution in [0.1, 0.15) is 32.8 Å². The first-order valence-electron chi connectivity index (χ1n) is 7.26. The van der Waals surface area contributed by atoms with Crippen molar-refractivity contribution in [2.75, 3.05) is 13.1 Å². The van der Waals surface area contributed by atoms with E-state index in [-0.39, 0.29) is 6.04 Å². The van der Waals surface area contributed by atoms with Crippen LogP contribution >= 0.6 is 0 Å². The average Bonchev–Trinajstić information content (AvgIpc) is 2.76. The van der Waals surface area contributed by atoms with Crippen LogP contribution < -0.4 is 5.32 Å². The number of hydrogen-bond acceptors (Lipinski definition) is 3. The number of sulfonamides is 1. The lowest BCUT2D eigenvalue weighted by Gasteiger charge is -2.21. The molecule has 0 saturated carbocycles. The van der Waals surface area contributed by atoms with E-state index in [1.807, 2.05) is 19.1 Å². The summed E-state index contributed by atoms with van der Waals surface area (Å²) in [5.74, 6) is 0.438. The van der Waals surface area contributed by atoms with Crippen LogP contribution in [0.3, 0.4) is 0 Å². The lowest BCUT2D eigenvalue weighted by molar-refractivity contribution is 0.405. The van der Waals surface area contributed by atoms with Gasteiger partial charge in [-0.1, -0.05) is 26.0 Å². The minimum Gasteiger partial charge on any atom is -0.313 e. The average molecular weight is 296 g/mol. The van der Waals surface area contributed by atoms with Crippen LogP contribution in [0, 0.1) is 5.92 Å². The Balaban J connectivity index is 2.17. The molecule has 1 aromatic carbocycles.